The summed E-state index contributed by atoms with van der Waals surface area (Å²) in [7, 11) is 3.83. The summed E-state index contributed by atoms with van der Waals surface area (Å²) in [6.45, 7) is 7.19. The van der Waals surface area contributed by atoms with Gasteiger partial charge in [-0.25, -0.2) is 4.68 Å². The molecule has 3 aromatic rings. The van der Waals surface area contributed by atoms with Crippen LogP contribution in [0.5, 0.6) is 11.6 Å². The van der Waals surface area contributed by atoms with Crippen LogP contribution in [-0.4, -0.2) is 49.1 Å². The number of hydrogen-bond acceptors (Lipinski definition) is 6. The van der Waals surface area contributed by atoms with E-state index < -0.39 is 0 Å². The molecule has 1 saturated heterocycles. The van der Waals surface area contributed by atoms with Gasteiger partial charge in [-0.1, -0.05) is 0 Å². The SMILES string of the molecule is Cc1nn(C)c(Oc2cccnc2)c1CN1CCO[C@](C)(c2cnn(C)c2)C1. The first-order valence-electron chi connectivity index (χ1n) is 9.40. The molecule has 148 valence electrons. The molecule has 0 unspecified atom stereocenters. The molecule has 0 saturated carbocycles. The maximum atomic E-state index is 6.14. The first-order chi connectivity index (χ1) is 13.4. The minimum absolute atomic E-state index is 0.382. The van der Waals surface area contributed by atoms with E-state index in [0.29, 0.717) is 12.4 Å². The molecule has 1 aliphatic rings. The Morgan fingerprint density at radius 3 is 2.86 bits per heavy atom. The normalized spacial score (nSPS) is 20.4. The zero-order valence-corrected chi connectivity index (χ0v) is 16.8. The molecule has 0 bridgehead atoms. The average Bonchev–Trinajstić information content (AvgIpc) is 3.22. The highest BCUT2D eigenvalue weighted by molar-refractivity contribution is 5.35. The fraction of sp³-hybridized carbons (Fsp3) is 0.450. The van der Waals surface area contributed by atoms with Crippen LogP contribution in [0.4, 0.5) is 0 Å². The zero-order chi connectivity index (χ0) is 19.7. The van der Waals surface area contributed by atoms with Crippen molar-refractivity contribution in [1.82, 2.24) is 29.4 Å². The molecule has 8 heteroatoms. The second-order valence-electron chi connectivity index (χ2n) is 7.48. The first-order valence-corrected chi connectivity index (χ1v) is 9.40. The van der Waals surface area contributed by atoms with Crippen LogP contribution >= 0.6 is 0 Å². The Labute approximate surface area is 164 Å². The maximum absolute atomic E-state index is 6.14. The van der Waals surface area contributed by atoms with E-state index in [1.54, 1.807) is 17.1 Å². The van der Waals surface area contributed by atoms with Crippen LogP contribution in [0.1, 0.15) is 23.7 Å². The summed E-state index contributed by atoms with van der Waals surface area (Å²) >= 11 is 0. The van der Waals surface area contributed by atoms with Gasteiger partial charge in [-0.05, 0) is 26.0 Å². The maximum Gasteiger partial charge on any atom is 0.222 e. The molecule has 4 heterocycles. The van der Waals surface area contributed by atoms with Crippen molar-refractivity contribution in [2.24, 2.45) is 14.1 Å². The summed E-state index contributed by atoms with van der Waals surface area (Å²) in [6, 6.07) is 3.76. The number of rotatable bonds is 5. The number of aromatic nitrogens is 5. The van der Waals surface area contributed by atoms with Crippen molar-refractivity contribution in [2.45, 2.75) is 26.0 Å². The summed E-state index contributed by atoms with van der Waals surface area (Å²) in [5.74, 6) is 1.45. The third-order valence-corrected chi connectivity index (χ3v) is 5.19. The Morgan fingerprint density at radius 2 is 2.14 bits per heavy atom. The van der Waals surface area contributed by atoms with Gasteiger partial charge in [0.2, 0.25) is 5.88 Å². The minimum atomic E-state index is -0.382. The number of nitrogens with zero attached hydrogens (tertiary/aromatic N) is 6. The van der Waals surface area contributed by atoms with Crippen LogP contribution in [-0.2, 0) is 31.0 Å². The molecular weight excluding hydrogens is 356 g/mol. The summed E-state index contributed by atoms with van der Waals surface area (Å²) < 4.78 is 15.9. The van der Waals surface area contributed by atoms with Gasteiger partial charge >= 0.3 is 0 Å². The van der Waals surface area contributed by atoms with E-state index in [2.05, 4.69) is 27.0 Å². The van der Waals surface area contributed by atoms with E-state index >= 15 is 0 Å². The minimum Gasteiger partial charge on any atom is -0.437 e. The molecule has 0 radical (unpaired) electrons. The Balaban J connectivity index is 1.55. The Bertz CT molecular complexity index is 951. The van der Waals surface area contributed by atoms with Crippen molar-refractivity contribution in [2.75, 3.05) is 19.7 Å². The molecule has 1 aliphatic heterocycles. The molecule has 4 rings (SSSR count). The molecule has 8 nitrogen and oxygen atoms in total. The predicted molar refractivity (Wildman–Crippen MR) is 104 cm³/mol. The molecule has 1 atom stereocenters. The molecule has 0 spiro atoms. The van der Waals surface area contributed by atoms with Gasteiger partial charge in [0.15, 0.2) is 0 Å². The molecule has 0 aliphatic carbocycles. The van der Waals surface area contributed by atoms with Crippen LogP contribution in [0.3, 0.4) is 0 Å². The van der Waals surface area contributed by atoms with Crippen molar-refractivity contribution in [3.8, 4) is 11.6 Å². The van der Waals surface area contributed by atoms with E-state index in [4.69, 9.17) is 9.47 Å². The van der Waals surface area contributed by atoms with E-state index in [0.717, 1.165) is 42.3 Å². The molecule has 1 fully saturated rings. The van der Waals surface area contributed by atoms with Crippen molar-refractivity contribution >= 4 is 0 Å². The second-order valence-corrected chi connectivity index (χ2v) is 7.48. The van der Waals surface area contributed by atoms with Crippen LogP contribution in [0.15, 0.2) is 36.9 Å². The van der Waals surface area contributed by atoms with Crippen molar-refractivity contribution < 1.29 is 9.47 Å². The van der Waals surface area contributed by atoms with Gasteiger partial charge in [0.05, 0.1) is 30.3 Å². The molecule has 3 aromatic heterocycles. The summed E-state index contributed by atoms with van der Waals surface area (Å²) in [5, 5.41) is 8.87. The second kappa shape index (κ2) is 7.37. The Morgan fingerprint density at radius 1 is 1.29 bits per heavy atom. The van der Waals surface area contributed by atoms with Crippen LogP contribution in [0.25, 0.3) is 0 Å². The van der Waals surface area contributed by atoms with Gasteiger partial charge in [-0.3, -0.25) is 14.6 Å². The number of pyridine rings is 1. The van der Waals surface area contributed by atoms with Crippen molar-refractivity contribution in [3.63, 3.8) is 0 Å². The van der Waals surface area contributed by atoms with E-state index in [-0.39, 0.29) is 5.60 Å². The van der Waals surface area contributed by atoms with Gasteiger partial charge in [0, 0.05) is 51.7 Å². The van der Waals surface area contributed by atoms with Crippen molar-refractivity contribution in [3.05, 3.63) is 53.7 Å². The standard InChI is InChI=1S/C20H26N6O2/c1-15-18(19(25(4)23-15)28-17-6-5-7-21-11-17)13-26-8-9-27-20(2,14-26)16-10-22-24(3)12-16/h5-7,10-12H,8-9,13-14H2,1-4H3/t20-/m0/s1. The average molecular weight is 382 g/mol. The molecular formula is C20H26N6O2. The van der Waals surface area contributed by atoms with Crippen molar-refractivity contribution in [1.29, 1.82) is 0 Å². The van der Waals surface area contributed by atoms with E-state index in [1.165, 1.54) is 0 Å². The highest BCUT2D eigenvalue weighted by Gasteiger charge is 2.35. The highest BCUT2D eigenvalue weighted by Crippen LogP contribution is 2.32. The number of hydrogen-bond donors (Lipinski definition) is 0. The lowest BCUT2D eigenvalue weighted by Gasteiger charge is -2.40. The Hall–Kier alpha value is -2.71. The lowest BCUT2D eigenvalue weighted by molar-refractivity contribution is -0.105. The van der Waals surface area contributed by atoms with E-state index in [1.807, 2.05) is 50.2 Å². The molecule has 0 amide bonds. The number of aryl methyl sites for hydroxylation is 3. The first kappa shape index (κ1) is 18.6. The van der Waals surface area contributed by atoms with Crippen LogP contribution < -0.4 is 4.74 Å². The molecule has 0 aromatic carbocycles. The summed E-state index contributed by atoms with van der Waals surface area (Å²) in [5.41, 5.74) is 2.76. The van der Waals surface area contributed by atoms with Gasteiger partial charge in [0.1, 0.15) is 11.4 Å². The highest BCUT2D eigenvalue weighted by atomic mass is 16.5. The van der Waals surface area contributed by atoms with Gasteiger partial charge in [-0.2, -0.15) is 10.2 Å². The number of ether oxygens (including phenoxy) is 2. The largest absolute Gasteiger partial charge is 0.437 e. The monoisotopic (exact) mass is 382 g/mol. The zero-order valence-electron chi connectivity index (χ0n) is 16.8. The molecule has 0 N–H and O–H groups in total. The summed E-state index contributed by atoms with van der Waals surface area (Å²) in [6.07, 6.45) is 7.35. The quantitative estimate of drug-likeness (QED) is 0.675. The van der Waals surface area contributed by atoms with E-state index in [9.17, 15) is 0 Å². The Kier molecular flexibility index (Phi) is 4.91. The van der Waals surface area contributed by atoms with Crippen LogP contribution in [0, 0.1) is 6.92 Å². The number of morpholine rings is 1. The fourth-order valence-corrected chi connectivity index (χ4v) is 3.69. The predicted octanol–water partition coefficient (Wildman–Crippen LogP) is 2.40. The topological polar surface area (TPSA) is 70.2 Å². The van der Waals surface area contributed by atoms with Gasteiger partial charge < -0.3 is 9.47 Å². The lowest BCUT2D eigenvalue weighted by atomic mass is 9.96. The smallest absolute Gasteiger partial charge is 0.222 e. The lowest BCUT2D eigenvalue weighted by Crippen LogP contribution is -2.47. The van der Waals surface area contributed by atoms with Crippen LogP contribution in [0.2, 0.25) is 0 Å². The van der Waals surface area contributed by atoms with Gasteiger partial charge in [0.25, 0.3) is 0 Å². The molecule has 28 heavy (non-hydrogen) atoms. The van der Waals surface area contributed by atoms with Gasteiger partial charge in [-0.15, -0.1) is 0 Å². The third-order valence-electron chi connectivity index (χ3n) is 5.19. The summed E-state index contributed by atoms with van der Waals surface area (Å²) in [4.78, 5) is 6.51. The third kappa shape index (κ3) is 3.65. The fourth-order valence-electron chi connectivity index (χ4n) is 3.69.